The minimum absolute atomic E-state index is 0.0971. The van der Waals surface area contributed by atoms with E-state index in [4.69, 9.17) is 9.92 Å². The van der Waals surface area contributed by atoms with Gasteiger partial charge in [0.25, 0.3) is 5.91 Å². The van der Waals surface area contributed by atoms with Gasteiger partial charge in [-0.15, -0.1) is 0 Å². The Labute approximate surface area is 129 Å². The van der Waals surface area contributed by atoms with Crippen LogP contribution in [0.15, 0.2) is 29.3 Å². The average Bonchev–Trinajstić information content (AvgIpc) is 2.82. The molecule has 1 aromatic carbocycles. The Hall–Kier alpha value is -2.28. The Balaban J connectivity index is 2.47. The van der Waals surface area contributed by atoms with Crippen LogP contribution in [0.5, 0.6) is 5.75 Å². The van der Waals surface area contributed by atoms with Crippen LogP contribution in [0.25, 0.3) is 0 Å². The van der Waals surface area contributed by atoms with Crippen LogP contribution in [-0.4, -0.2) is 18.9 Å². The number of carbonyl (C=O) groups is 1. The molecular formula is C15H18N2O4S. The molecule has 0 saturated carbocycles. The largest absolute Gasteiger partial charge is 0.378 e. The first kappa shape index (κ1) is 16.1. The van der Waals surface area contributed by atoms with E-state index in [0.717, 1.165) is 16.7 Å². The molecule has 1 amide bonds. The Morgan fingerprint density at radius 1 is 1.18 bits per heavy atom. The molecule has 1 heterocycles. The predicted molar refractivity (Wildman–Crippen MR) is 82.4 cm³/mol. The van der Waals surface area contributed by atoms with Crippen molar-refractivity contribution in [3.8, 4) is 5.75 Å². The van der Waals surface area contributed by atoms with Crippen molar-refractivity contribution in [2.75, 3.05) is 0 Å². The Morgan fingerprint density at radius 2 is 1.77 bits per heavy atom. The summed E-state index contributed by atoms with van der Waals surface area (Å²) in [4.78, 5) is 11.1. The zero-order valence-corrected chi connectivity index (χ0v) is 13.7. The van der Waals surface area contributed by atoms with Crippen molar-refractivity contribution in [1.29, 1.82) is 0 Å². The Kier molecular flexibility index (Phi) is 4.02. The highest BCUT2D eigenvalue weighted by Crippen LogP contribution is 2.29. The Morgan fingerprint density at radius 3 is 2.32 bits per heavy atom. The number of hydrogen-bond acceptors (Lipinski definition) is 4. The van der Waals surface area contributed by atoms with Crippen LogP contribution < -0.4 is 9.92 Å². The van der Waals surface area contributed by atoms with Crippen molar-refractivity contribution in [3.63, 3.8) is 0 Å². The predicted octanol–water partition coefficient (Wildman–Crippen LogP) is 1.82. The van der Waals surface area contributed by atoms with Crippen molar-refractivity contribution in [3.05, 3.63) is 46.8 Å². The molecule has 2 aromatic rings. The maximum absolute atomic E-state index is 12.4. The van der Waals surface area contributed by atoms with Crippen LogP contribution in [0.2, 0.25) is 0 Å². The molecule has 0 aliphatic carbocycles. The first-order valence-electron chi connectivity index (χ1n) is 6.61. The molecule has 22 heavy (non-hydrogen) atoms. The van der Waals surface area contributed by atoms with E-state index in [0.29, 0.717) is 5.75 Å². The van der Waals surface area contributed by atoms with Gasteiger partial charge in [0.15, 0.2) is 0 Å². The molecule has 0 aliphatic rings. The molecule has 0 saturated heterocycles. The average molecular weight is 322 g/mol. The molecule has 7 heteroatoms. The normalized spacial score (nSPS) is 11.5. The molecule has 2 N–H and O–H groups in total. The van der Waals surface area contributed by atoms with Crippen molar-refractivity contribution in [2.24, 2.45) is 12.8 Å². The molecule has 0 atom stereocenters. The number of rotatable bonds is 4. The number of aryl methyl sites for hydroxylation is 3. The summed E-state index contributed by atoms with van der Waals surface area (Å²) in [5, 5.41) is 0. The minimum Gasteiger partial charge on any atom is -0.378 e. The van der Waals surface area contributed by atoms with E-state index in [1.807, 2.05) is 13.0 Å². The maximum Gasteiger partial charge on any atom is 0.340 e. The van der Waals surface area contributed by atoms with Crippen LogP contribution in [0.3, 0.4) is 0 Å². The van der Waals surface area contributed by atoms with E-state index < -0.39 is 16.0 Å². The summed E-state index contributed by atoms with van der Waals surface area (Å²) in [6.45, 7) is 5.45. The number of carbonyl (C=O) groups excluding carboxylic acids is 1. The van der Waals surface area contributed by atoms with Gasteiger partial charge in [0.2, 0.25) is 0 Å². The topological polar surface area (TPSA) is 91.4 Å². The molecule has 2 rings (SSSR count). The summed E-state index contributed by atoms with van der Waals surface area (Å²) in [5.74, 6) is -0.392. The molecule has 118 valence electrons. The van der Waals surface area contributed by atoms with Gasteiger partial charge in [-0.25, -0.2) is 0 Å². The molecule has 0 fully saturated rings. The summed E-state index contributed by atoms with van der Waals surface area (Å²) >= 11 is 0. The lowest BCUT2D eigenvalue weighted by molar-refractivity contribution is 0.0992. The van der Waals surface area contributed by atoms with Crippen LogP contribution in [0.1, 0.15) is 27.2 Å². The third kappa shape index (κ3) is 2.85. The van der Waals surface area contributed by atoms with Gasteiger partial charge in [-0.1, -0.05) is 12.1 Å². The monoisotopic (exact) mass is 322 g/mol. The molecule has 0 spiro atoms. The van der Waals surface area contributed by atoms with E-state index in [2.05, 4.69) is 0 Å². The van der Waals surface area contributed by atoms with Crippen LogP contribution in [0, 0.1) is 20.8 Å². The number of nitrogens with zero attached hydrogens (tertiary/aromatic N) is 1. The zero-order valence-electron chi connectivity index (χ0n) is 12.9. The summed E-state index contributed by atoms with van der Waals surface area (Å²) in [6, 6.07) is 4.91. The number of benzene rings is 1. The van der Waals surface area contributed by atoms with Gasteiger partial charge in [-0.05, 0) is 43.5 Å². The lowest BCUT2D eigenvalue weighted by Crippen LogP contribution is -2.14. The van der Waals surface area contributed by atoms with Crippen LogP contribution in [-0.2, 0) is 17.2 Å². The molecule has 0 aliphatic heterocycles. The highest BCUT2D eigenvalue weighted by Gasteiger charge is 2.23. The smallest absolute Gasteiger partial charge is 0.340 e. The zero-order chi connectivity index (χ0) is 16.7. The lowest BCUT2D eigenvalue weighted by atomic mass is 10.1. The van der Waals surface area contributed by atoms with Gasteiger partial charge in [0.05, 0.1) is 0 Å². The van der Waals surface area contributed by atoms with Gasteiger partial charge in [-0.2, -0.15) is 8.42 Å². The summed E-state index contributed by atoms with van der Waals surface area (Å²) in [7, 11) is -2.49. The second kappa shape index (κ2) is 5.49. The fourth-order valence-electron chi connectivity index (χ4n) is 2.13. The van der Waals surface area contributed by atoms with Gasteiger partial charge in [0, 0.05) is 13.2 Å². The summed E-state index contributed by atoms with van der Waals surface area (Å²) in [5.41, 5.74) is 7.70. The highest BCUT2D eigenvalue weighted by molar-refractivity contribution is 7.87. The Bertz CT molecular complexity index is 851. The maximum atomic E-state index is 12.4. The van der Waals surface area contributed by atoms with Crippen molar-refractivity contribution in [2.45, 2.75) is 25.7 Å². The second-order valence-corrected chi connectivity index (χ2v) is 6.77. The standard InChI is InChI=1S/C15H18N2O4S/c1-9-5-6-10(2)14(11(9)3)21-22(19,20)12-7-13(15(16)18)17(4)8-12/h5-8H,1-4H3,(H2,16,18). The van der Waals surface area contributed by atoms with Gasteiger partial charge in [-0.3, -0.25) is 4.79 Å². The number of nitrogens with two attached hydrogens (primary N) is 1. The third-order valence-electron chi connectivity index (χ3n) is 3.59. The van der Waals surface area contributed by atoms with Crippen molar-refractivity contribution < 1.29 is 17.4 Å². The number of hydrogen-bond donors (Lipinski definition) is 1. The minimum atomic E-state index is -4.04. The lowest BCUT2D eigenvalue weighted by Gasteiger charge is -2.13. The molecule has 0 unspecified atom stereocenters. The number of amides is 1. The fraction of sp³-hybridized carbons (Fsp3) is 0.267. The number of primary amides is 1. The quantitative estimate of drug-likeness (QED) is 0.869. The molecule has 0 bridgehead atoms. The van der Waals surface area contributed by atoms with Crippen LogP contribution in [0.4, 0.5) is 0 Å². The van der Waals surface area contributed by atoms with Crippen molar-refractivity contribution in [1.82, 2.24) is 4.57 Å². The SMILES string of the molecule is Cc1ccc(C)c(OS(=O)(=O)c2cc(C(N)=O)n(C)c2)c1C. The fourth-order valence-corrected chi connectivity index (χ4v) is 3.24. The molecular weight excluding hydrogens is 304 g/mol. The second-order valence-electron chi connectivity index (χ2n) is 5.23. The van der Waals surface area contributed by atoms with E-state index in [1.54, 1.807) is 27.0 Å². The first-order valence-corrected chi connectivity index (χ1v) is 8.02. The number of aromatic nitrogens is 1. The summed E-state index contributed by atoms with van der Waals surface area (Å²) in [6.07, 6.45) is 1.30. The first-order chi connectivity index (χ1) is 10.1. The summed E-state index contributed by atoms with van der Waals surface area (Å²) < 4.78 is 31.5. The van der Waals surface area contributed by atoms with E-state index in [1.165, 1.54) is 16.8 Å². The van der Waals surface area contributed by atoms with Gasteiger partial charge < -0.3 is 14.5 Å². The third-order valence-corrected chi connectivity index (χ3v) is 4.77. The van der Waals surface area contributed by atoms with E-state index >= 15 is 0 Å². The van der Waals surface area contributed by atoms with E-state index in [9.17, 15) is 13.2 Å². The molecule has 1 aromatic heterocycles. The molecule has 6 nitrogen and oxygen atoms in total. The van der Waals surface area contributed by atoms with Crippen LogP contribution >= 0.6 is 0 Å². The highest BCUT2D eigenvalue weighted by atomic mass is 32.2. The van der Waals surface area contributed by atoms with Gasteiger partial charge >= 0.3 is 10.1 Å². The van der Waals surface area contributed by atoms with E-state index in [-0.39, 0.29) is 10.6 Å². The van der Waals surface area contributed by atoms with Gasteiger partial charge in [0.1, 0.15) is 16.3 Å². The van der Waals surface area contributed by atoms with Crippen molar-refractivity contribution >= 4 is 16.0 Å². The molecule has 0 radical (unpaired) electrons.